The molecule has 1 unspecified atom stereocenters. The molecule has 0 saturated heterocycles. The smallest absolute Gasteiger partial charge is 0.161 e. The zero-order valence-electron chi connectivity index (χ0n) is 13.9. The summed E-state index contributed by atoms with van der Waals surface area (Å²) in [7, 11) is 0.733. The Morgan fingerprint density at radius 1 is 1.32 bits per heavy atom. The minimum atomic E-state index is 0.602. The first-order chi connectivity index (χ1) is 12.3. The Bertz CT molecular complexity index is 952. The normalized spacial score (nSPS) is 13.9. The highest BCUT2D eigenvalue weighted by Gasteiger charge is 2.25. The highest BCUT2D eigenvalue weighted by atomic mass is 31.1. The third-order valence-electron chi connectivity index (χ3n) is 4.22. The number of aromatic nitrogens is 4. The Morgan fingerprint density at radius 2 is 2.20 bits per heavy atom. The van der Waals surface area contributed by atoms with E-state index < -0.39 is 0 Å². The topological polar surface area (TPSA) is 66.5 Å². The molecule has 1 aliphatic rings. The van der Waals surface area contributed by atoms with Crippen molar-refractivity contribution in [2.24, 2.45) is 0 Å². The number of rotatable bonds is 5. The van der Waals surface area contributed by atoms with Crippen LogP contribution < -0.4 is 10.6 Å². The van der Waals surface area contributed by atoms with E-state index >= 15 is 0 Å². The summed E-state index contributed by atoms with van der Waals surface area (Å²) in [5, 5.41) is 11.9. The van der Waals surface area contributed by atoms with Crippen molar-refractivity contribution < 1.29 is 0 Å². The van der Waals surface area contributed by atoms with E-state index in [-0.39, 0.29) is 0 Å². The summed E-state index contributed by atoms with van der Waals surface area (Å²) in [5.41, 5.74) is 2.77. The molecule has 0 amide bonds. The Balaban J connectivity index is 1.66. The van der Waals surface area contributed by atoms with E-state index in [0.717, 1.165) is 25.7 Å². The lowest BCUT2D eigenvalue weighted by Gasteiger charge is -2.08. The molecular weight excluding hydrogens is 329 g/mol. The van der Waals surface area contributed by atoms with E-state index in [1.807, 2.05) is 18.2 Å². The molecule has 4 rings (SSSR count). The summed E-state index contributed by atoms with van der Waals surface area (Å²) < 4.78 is 0. The van der Waals surface area contributed by atoms with Crippen molar-refractivity contribution in [2.45, 2.75) is 18.8 Å². The second kappa shape index (κ2) is 6.66. The number of nitrogens with one attached hydrogen (secondary N) is 2. The maximum Gasteiger partial charge on any atom is 0.161 e. The first-order valence-electron chi connectivity index (χ1n) is 8.21. The number of nitrogens with zero attached hydrogens (tertiary/aromatic N) is 3. The average molecular weight is 347 g/mol. The lowest BCUT2D eigenvalue weighted by Crippen LogP contribution is -2.02. The molecule has 2 heterocycles. The van der Waals surface area contributed by atoms with Gasteiger partial charge in [0.05, 0.1) is 5.56 Å². The summed E-state index contributed by atoms with van der Waals surface area (Å²) in [6, 6.07) is 10.3. The minimum absolute atomic E-state index is 0.602. The van der Waals surface area contributed by atoms with Gasteiger partial charge in [-0.1, -0.05) is 32.7 Å². The number of benzene rings is 1. The molecule has 2 aromatic heterocycles. The van der Waals surface area contributed by atoms with Crippen molar-refractivity contribution in [1.82, 2.24) is 20.2 Å². The predicted molar refractivity (Wildman–Crippen MR) is 103 cm³/mol. The third-order valence-corrected chi connectivity index (χ3v) is 5.10. The Morgan fingerprint density at radius 3 is 2.96 bits per heavy atom. The van der Waals surface area contributed by atoms with Gasteiger partial charge in [-0.25, -0.2) is 9.97 Å². The van der Waals surface area contributed by atoms with E-state index in [1.165, 1.54) is 18.1 Å². The minimum Gasteiger partial charge on any atom is -0.322 e. The zero-order valence-corrected chi connectivity index (χ0v) is 14.9. The SMILES string of the molecule is C#Cc1cnc(-c2cccc(PC)c2)nc1Nc1cc(C2CC2)[nH]n1. The van der Waals surface area contributed by atoms with Gasteiger partial charge in [0, 0.05) is 29.4 Å². The van der Waals surface area contributed by atoms with Crippen LogP contribution in [0, 0.1) is 12.3 Å². The van der Waals surface area contributed by atoms with Crippen LogP contribution in [0.1, 0.15) is 30.0 Å². The molecule has 3 aromatic rings. The summed E-state index contributed by atoms with van der Waals surface area (Å²) in [5.74, 6) is 5.24. The molecule has 5 nitrogen and oxygen atoms in total. The maximum absolute atomic E-state index is 5.61. The Hall–Kier alpha value is -2.70. The van der Waals surface area contributed by atoms with Crippen LogP contribution in [0.2, 0.25) is 0 Å². The Kier molecular flexibility index (Phi) is 4.21. The van der Waals surface area contributed by atoms with Gasteiger partial charge in [-0.15, -0.1) is 6.42 Å². The molecule has 0 radical (unpaired) electrons. The molecule has 124 valence electrons. The quantitative estimate of drug-likeness (QED) is 0.548. The molecule has 6 heteroatoms. The molecule has 0 bridgehead atoms. The highest BCUT2D eigenvalue weighted by Crippen LogP contribution is 2.39. The molecule has 1 atom stereocenters. The van der Waals surface area contributed by atoms with Crippen LogP contribution in [0.15, 0.2) is 36.5 Å². The molecule has 0 spiro atoms. The molecule has 0 aliphatic heterocycles. The van der Waals surface area contributed by atoms with Crippen LogP contribution in [0.4, 0.5) is 11.6 Å². The first-order valence-corrected chi connectivity index (χ1v) is 9.71. The lowest BCUT2D eigenvalue weighted by molar-refractivity contribution is 0.966. The summed E-state index contributed by atoms with van der Waals surface area (Å²) in [4.78, 5) is 9.06. The zero-order chi connectivity index (χ0) is 17.2. The number of terminal acetylenes is 1. The molecule has 2 N–H and O–H groups in total. The maximum atomic E-state index is 5.61. The van der Waals surface area contributed by atoms with Crippen LogP contribution in [-0.2, 0) is 0 Å². The van der Waals surface area contributed by atoms with Gasteiger partial charge in [-0.3, -0.25) is 5.10 Å². The standard InChI is InChI=1S/C19H18N5P/c1-3-12-11-20-18(14-5-4-6-15(9-14)25-2)22-19(12)21-17-10-16(23-24-17)13-7-8-13/h1,4-6,9-11,13,25H,7-8H2,2H3,(H2,20,21,22,23,24). The number of anilines is 2. The van der Waals surface area contributed by atoms with Crippen LogP contribution >= 0.6 is 8.58 Å². The molecule has 1 aromatic carbocycles. The fourth-order valence-electron chi connectivity index (χ4n) is 2.66. The second-order valence-corrected chi connectivity index (χ2v) is 7.12. The number of hydrogen-bond donors (Lipinski definition) is 2. The summed E-state index contributed by atoms with van der Waals surface area (Å²) in [6.45, 7) is 2.16. The van der Waals surface area contributed by atoms with Crippen LogP contribution in [0.3, 0.4) is 0 Å². The third kappa shape index (κ3) is 3.40. The van der Waals surface area contributed by atoms with Crippen molar-refractivity contribution >= 4 is 25.5 Å². The van der Waals surface area contributed by atoms with Gasteiger partial charge >= 0.3 is 0 Å². The van der Waals surface area contributed by atoms with Gasteiger partial charge in [0.25, 0.3) is 0 Å². The largest absolute Gasteiger partial charge is 0.322 e. The lowest BCUT2D eigenvalue weighted by atomic mass is 10.2. The van der Waals surface area contributed by atoms with Gasteiger partial charge in [-0.2, -0.15) is 5.10 Å². The number of hydrogen-bond acceptors (Lipinski definition) is 4. The van der Waals surface area contributed by atoms with Crippen molar-refractivity contribution in [2.75, 3.05) is 12.0 Å². The first kappa shape index (κ1) is 15.8. The van der Waals surface area contributed by atoms with Crippen molar-refractivity contribution in [3.8, 4) is 23.7 Å². The fourth-order valence-corrected chi connectivity index (χ4v) is 3.22. The molecule has 1 aliphatic carbocycles. The van der Waals surface area contributed by atoms with Crippen LogP contribution in [0.5, 0.6) is 0 Å². The van der Waals surface area contributed by atoms with Gasteiger partial charge < -0.3 is 5.32 Å². The Labute approximate surface area is 148 Å². The van der Waals surface area contributed by atoms with Gasteiger partial charge in [0.15, 0.2) is 17.5 Å². The molecule has 1 fully saturated rings. The second-order valence-electron chi connectivity index (χ2n) is 6.04. The number of H-pyrrole nitrogens is 1. The van der Waals surface area contributed by atoms with E-state index in [4.69, 9.17) is 6.42 Å². The summed E-state index contributed by atoms with van der Waals surface area (Å²) in [6.07, 6.45) is 9.74. The molecule has 25 heavy (non-hydrogen) atoms. The predicted octanol–water partition coefficient (Wildman–Crippen LogP) is 3.40. The van der Waals surface area contributed by atoms with Crippen LogP contribution in [0.25, 0.3) is 11.4 Å². The van der Waals surface area contributed by atoms with Crippen molar-refractivity contribution in [1.29, 1.82) is 0 Å². The van der Waals surface area contributed by atoms with E-state index in [2.05, 4.69) is 50.2 Å². The van der Waals surface area contributed by atoms with E-state index in [1.54, 1.807) is 6.20 Å². The average Bonchev–Trinajstić information content (AvgIpc) is 3.41. The van der Waals surface area contributed by atoms with Gasteiger partial charge in [0.1, 0.15) is 0 Å². The molecule has 1 saturated carbocycles. The monoisotopic (exact) mass is 347 g/mol. The van der Waals surface area contributed by atoms with Gasteiger partial charge in [0.2, 0.25) is 0 Å². The molecular formula is C19H18N5P. The number of aromatic amines is 1. The summed E-state index contributed by atoms with van der Waals surface area (Å²) >= 11 is 0. The van der Waals surface area contributed by atoms with E-state index in [0.29, 0.717) is 23.1 Å². The fraction of sp³-hybridized carbons (Fsp3) is 0.211. The van der Waals surface area contributed by atoms with Crippen molar-refractivity contribution in [3.05, 3.63) is 47.8 Å². The van der Waals surface area contributed by atoms with Crippen LogP contribution in [-0.4, -0.2) is 26.8 Å². The van der Waals surface area contributed by atoms with Crippen molar-refractivity contribution in [3.63, 3.8) is 0 Å². The highest BCUT2D eigenvalue weighted by molar-refractivity contribution is 7.46. The van der Waals surface area contributed by atoms with Gasteiger partial charge in [-0.05, 0) is 30.9 Å². The van der Waals surface area contributed by atoms with E-state index in [9.17, 15) is 0 Å².